The second kappa shape index (κ2) is 8.48. The molecule has 0 atom stereocenters. The van der Waals surface area contributed by atoms with Gasteiger partial charge in [-0.15, -0.1) is 0 Å². The van der Waals surface area contributed by atoms with Gasteiger partial charge < -0.3 is 28.4 Å². The van der Waals surface area contributed by atoms with Crippen LogP contribution in [0.2, 0.25) is 0 Å². The van der Waals surface area contributed by atoms with Gasteiger partial charge in [-0.05, 0) is 18.6 Å². The zero-order chi connectivity index (χ0) is 21.1. The van der Waals surface area contributed by atoms with E-state index in [0.717, 1.165) is 24.2 Å². The van der Waals surface area contributed by atoms with Gasteiger partial charge in [-0.1, -0.05) is 0 Å². The molecule has 2 aromatic heterocycles. The highest BCUT2D eigenvalue weighted by molar-refractivity contribution is 5.97. The summed E-state index contributed by atoms with van der Waals surface area (Å²) in [6.45, 7) is 2.66. The van der Waals surface area contributed by atoms with Gasteiger partial charge in [-0.25, -0.2) is 9.97 Å². The quantitative estimate of drug-likeness (QED) is 0.632. The number of aromatic nitrogens is 2. The van der Waals surface area contributed by atoms with Gasteiger partial charge in [0.15, 0.2) is 11.5 Å². The van der Waals surface area contributed by atoms with Crippen LogP contribution in [-0.4, -0.2) is 68.3 Å². The monoisotopic (exact) mass is 412 g/mol. The van der Waals surface area contributed by atoms with Crippen LogP contribution in [0.25, 0.3) is 10.9 Å². The Kier molecular flexibility index (Phi) is 5.60. The molecule has 0 N–H and O–H groups in total. The zero-order valence-corrected chi connectivity index (χ0v) is 17.3. The highest BCUT2D eigenvalue weighted by Gasteiger charge is 2.25. The second-order valence-electron chi connectivity index (χ2n) is 6.88. The number of anilines is 1. The summed E-state index contributed by atoms with van der Waals surface area (Å²) in [6, 6.07) is 3.56. The van der Waals surface area contributed by atoms with Crippen molar-refractivity contribution in [3.8, 4) is 17.2 Å². The summed E-state index contributed by atoms with van der Waals surface area (Å²) in [6.07, 6.45) is 5.33. The average molecular weight is 412 g/mol. The molecule has 158 valence electrons. The molecule has 9 heteroatoms. The van der Waals surface area contributed by atoms with Crippen LogP contribution in [0.4, 0.5) is 5.82 Å². The van der Waals surface area contributed by atoms with Crippen LogP contribution in [0, 0.1) is 0 Å². The van der Waals surface area contributed by atoms with Gasteiger partial charge in [0.05, 0.1) is 38.5 Å². The number of nitrogens with zero attached hydrogens (tertiary/aromatic N) is 4. The Bertz CT molecular complexity index is 1040. The van der Waals surface area contributed by atoms with Crippen molar-refractivity contribution < 1.29 is 23.4 Å². The molecule has 1 aromatic carbocycles. The second-order valence-corrected chi connectivity index (χ2v) is 6.88. The minimum Gasteiger partial charge on any atom is -0.493 e. The number of fused-ring (bicyclic) bond motifs is 1. The van der Waals surface area contributed by atoms with E-state index in [0.29, 0.717) is 48.0 Å². The summed E-state index contributed by atoms with van der Waals surface area (Å²) in [5.74, 6) is 2.29. The van der Waals surface area contributed by atoms with Gasteiger partial charge in [0, 0.05) is 26.2 Å². The van der Waals surface area contributed by atoms with Crippen LogP contribution < -0.4 is 19.1 Å². The van der Waals surface area contributed by atoms with Crippen molar-refractivity contribution >= 4 is 22.6 Å². The van der Waals surface area contributed by atoms with Gasteiger partial charge in [0.25, 0.3) is 5.91 Å². The maximum Gasteiger partial charge on any atom is 0.257 e. The van der Waals surface area contributed by atoms with Gasteiger partial charge in [-0.2, -0.15) is 0 Å². The summed E-state index contributed by atoms with van der Waals surface area (Å²) in [5, 5.41) is 0.807. The topological polar surface area (TPSA) is 90.2 Å². The van der Waals surface area contributed by atoms with Crippen molar-refractivity contribution in [3.05, 3.63) is 36.5 Å². The largest absolute Gasteiger partial charge is 0.493 e. The summed E-state index contributed by atoms with van der Waals surface area (Å²) in [7, 11) is 4.72. The molecule has 0 radical (unpaired) electrons. The van der Waals surface area contributed by atoms with E-state index in [1.54, 1.807) is 27.4 Å². The Morgan fingerprint density at radius 1 is 1.03 bits per heavy atom. The van der Waals surface area contributed by atoms with E-state index in [2.05, 4.69) is 14.9 Å². The maximum absolute atomic E-state index is 12.7. The predicted molar refractivity (Wildman–Crippen MR) is 111 cm³/mol. The standard InChI is InChI=1S/C21H24N4O5/c1-27-16-11-15-17(19(29-3)18(16)28-2)22-13-23-20(15)24-6-4-7-25(9-8-24)21(26)14-5-10-30-12-14/h5,10-13H,4,6-9H2,1-3H3. The van der Waals surface area contributed by atoms with Gasteiger partial charge >= 0.3 is 0 Å². The van der Waals surface area contributed by atoms with Crippen LogP contribution in [-0.2, 0) is 0 Å². The number of amides is 1. The van der Waals surface area contributed by atoms with Crippen LogP contribution in [0.15, 0.2) is 35.4 Å². The Labute approximate surface area is 174 Å². The van der Waals surface area contributed by atoms with E-state index in [1.807, 2.05) is 11.0 Å². The summed E-state index contributed by atoms with van der Waals surface area (Å²) < 4.78 is 21.6. The average Bonchev–Trinajstić information content (AvgIpc) is 3.21. The lowest BCUT2D eigenvalue weighted by Gasteiger charge is -2.24. The molecular weight excluding hydrogens is 388 g/mol. The van der Waals surface area contributed by atoms with E-state index >= 15 is 0 Å². The smallest absolute Gasteiger partial charge is 0.257 e. The Balaban J connectivity index is 1.67. The van der Waals surface area contributed by atoms with E-state index in [1.165, 1.54) is 18.9 Å². The molecule has 3 heterocycles. The van der Waals surface area contributed by atoms with Crippen molar-refractivity contribution in [3.63, 3.8) is 0 Å². The fourth-order valence-electron chi connectivity index (χ4n) is 3.80. The minimum absolute atomic E-state index is 0.0220. The molecule has 30 heavy (non-hydrogen) atoms. The minimum atomic E-state index is -0.0220. The number of methoxy groups -OCH3 is 3. The van der Waals surface area contributed by atoms with E-state index in [-0.39, 0.29) is 5.91 Å². The van der Waals surface area contributed by atoms with E-state index in [4.69, 9.17) is 18.6 Å². The third-order valence-electron chi connectivity index (χ3n) is 5.26. The summed E-state index contributed by atoms with van der Waals surface area (Å²) >= 11 is 0. The molecule has 1 fully saturated rings. The molecule has 3 aromatic rings. The fraction of sp³-hybridized carbons (Fsp3) is 0.381. The molecule has 9 nitrogen and oxygen atoms in total. The number of ether oxygens (including phenoxy) is 3. The molecular formula is C21H24N4O5. The first-order valence-electron chi connectivity index (χ1n) is 9.68. The molecule has 1 aliphatic rings. The molecule has 0 aliphatic carbocycles. The molecule has 0 saturated carbocycles. The van der Waals surface area contributed by atoms with Crippen LogP contribution in [0.1, 0.15) is 16.8 Å². The van der Waals surface area contributed by atoms with E-state index in [9.17, 15) is 4.79 Å². The Morgan fingerprint density at radius 2 is 1.87 bits per heavy atom. The number of hydrogen-bond donors (Lipinski definition) is 0. The van der Waals surface area contributed by atoms with Crippen LogP contribution in [0.3, 0.4) is 0 Å². The van der Waals surface area contributed by atoms with Gasteiger partial charge in [0.2, 0.25) is 5.75 Å². The lowest BCUT2D eigenvalue weighted by Crippen LogP contribution is -2.35. The molecule has 0 spiro atoms. The molecule has 0 unspecified atom stereocenters. The first-order chi connectivity index (χ1) is 14.7. The third-order valence-corrected chi connectivity index (χ3v) is 5.26. The van der Waals surface area contributed by atoms with Gasteiger partial charge in [0.1, 0.15) is 23.9 Å². The van der Waals surface area contributed by atoms with Crippen LogP contribution >= 0.6 is 0 Å². The number of hydrogen-bond acceptors (Lipinski definition) is 8. The highest BCUT2D eigenvalue weighted by atomic mass is 16.5. The van der Waals surface area contributed by atoms with Crippen molar-refractivity contribution in [1.82, 2.24) is 14.9 Å². The normalized spacial score (nSPS) is 14.5. The lowest BCUT2D eigenvalue weighted by molar-refractivity contribution is 0.0766. The number of carbonyl (C=O) groups excluding carboxylic acids is 1. The number of benzene rings is 1. The summed E-state index contributed by atoms with van der Waals surface area (Å²) in [4.78, 5) is 25.7. The Hall–Kier alpha value is -3.49. The van der Waals surface area contributed by atoms with Crippen molar-refractivity contribution in [2.45, 2.75) is 6.42 Å². The molecule has 4 rings (SSSR count). The van der Waals surface area contributed by atoms with Crippen molar-refractivity contribution in [2.75, 3.05) is 52.4 Å². The molecule has 1 aliphatic heterocycles. The Morgan fingerprint density at radius 3 is 2.57 bits per heavy atom. The first kappa shape index (κ1) is 19.8. The van der Waals surface area contributed by atoms with E-state index < -0.39 is 0 Å². The van der Waals surface area contributed by atoms with Crippen molar-refractivity contribution in [1.29, 1.82) is 0 Å². The predicted octanol–water partition coefficient (Wildman–Crippen LogP) is 2.60. The maximum atomic E-state index is 12.7. The third kappa shape index (κ3) is 3.47. The molecule has 1 amide bonds. The molecule has 1 saturated heterocycles. The fourth-order valence-corrected chi connectivity index (χ4v) is 3.80. The number of furan rings is 1. The zero-order valence-electron chi connectivity index (χ0n) is 17.3. The lowest BCUT2D eigenvalue weighted by atomic mass is 10.1. The SMILES string of the molecule is COc1cc2c(N3CCCN(C(=O)c4ccoc4)CC3)ncnc2c(OC)c1OC. The first-order valence-corrected chi connectivity index (χ1v) is 9.68. The molecule has 0 bridgehead atoms. The highest BCUT2D eigenvalue weighted by Crippen LogP contribution is 2.44. The summed E-state index contributed by atoms with van der Waals surface area (Å²) in [5.41, 5.74) is 1.22. The van der Waals surface area contributed by atoms with Gasteiger partial charge in [-0.3, -0.25) is 4.79 Å². The number of carbonyl (C=O) groups is 1. The number of rotatable bonds is 5. The van der Waals surface area contributed by atoms with Crippen molar-refractivity contribution in [2.24, 2.45) is 0 Å². The van der Waals surface area contributed by atoms with Crippen LogP contribution in [0.5, 0.6) is 17.2 Å².